The number of nitrogens with zero attached hydrogens (tertiary/aromatic N) is 1. The van der Waals surface area contributed by atoms with Gasteiger partial charge in [-0.3, -0.25) is 9.69 Å². The molecule has 3 unspecified atom stereocenters. The summed E-state index contributed by atoms with van der Waals surface area (Å²) in [5.74, 6) is 1.24. The molecule has 92 valence electrons. The summed E-state index contributed by atoms with van der Waals surface area (Å²) in [7, 11) is 0. The van der Waals surface area contributed by atoms with Crippen molar-refractivity contribution < 1.29 is 9.90 Å². The molecule has 0 spiro atoms. The van der Waals surface area contributed by atoms with Crippen LogP contribution in [-0.2, 0) is 4.79 Å². The largest absolute Gasteiger partial charge is 0.481 e. The Hall–Kier alpha value is -0.220. The van der Waals surface area contributed by atoms with Crippen molar-refractivity contribution in [3.63, 3.8) is 0 Å². The molecule has 2 fully saturated rings. The lowest BCUT2D eigenvalue weighted by molar-refractivity contribution is -0.137. The predicted molar refractivity (Wildman–Crippen MR) is 66.9 cm³/mol. The van der Waals surface area contributed by atoms with Crippen LogP contribution in [0.15, 0.2) is 0 Å². The molecule has 3 nitrogen and oxygen atoms in total. The summed E-state index contributed by atoms with van der Waals surface area (Å²) >= 11 is 2.08. The van der Waals surface area contributed by atoms with E-state index in [1.54, 1.807) is 0 Å². The molecule has 0 aromatic rings. The highest BCUT2D eigenvalue weighted by Crippen LogP contribution is 2.33. The first-order valence-corrected chi connectivity index (χ1v) is 7.27. The highest BCUT2D eigenvalue weighted by atomic mass is 32.2. The Morgan fingerprint density at radius 1 is 1.56 bits per heavy atom. The maximum Gasteiger partial charge on any atom is 0.303 e. The van der Waals surface area contributed by atoms with Gasteiger partial charge in [0.05, 0.1) is 0 Å². The SMILES string of the molecule is CC1CC(N2CCC(CCC(=O)O)C2)CS1. The van der Waals surface area contributed by atoms with Crippen molar-refractivity contribution in [3.8, 4) is 0 Å². The van der Waals surface area contributed by atoms with Gasteiger partial charge in [-0.1, -0.05) is 6.92 Å². The number of carboxylic acids is 1. The summed E-state index contributed by atoms with van der Waals surface area (Å²) < 4.78 is 0. The van der Waals surface area contributed by atoms with Crippen molar-refractivity contribution in [1.82, 2.24) is 4.90 Å². The fourth-order valence-electron chi connectivity index (χ4n) is 2.81. The monoisotopic (exact) mass is 243 g/mol. The van der Waals surface area contributed by atoms with Gasteiger partial charge in [0.1, 0.15) is 0 Å². The second-order valence-electron chi connectivity index (χ2n) is 5.12. The fraction of sp³-hybridized carbons (Fsp3) is 0.917. The highest BCUT2D eigenvalue weighted by molar-refractivity contribution is 8.00. The first kappa shape index (κ1) is 12.2. The van der Waals surface area contributed by atoms with Crippen LogP contribution in [-0.4, -0.2) is 46.1 Å². The molecule has 2 aliphatic heterocycles. The molecule has 16 heavy (non-hydrogen) atoms. The van der Waals surface area contributed by atoms with Crippen molar-refractivity contribution in [2.45, 2.75) is 43.9 Å². The first-order chi connectivity index (χ1) is 7.65. The van der Waals surface area contributed by atoms with Crippen LogP contribution in [0.2, 0.25) is 0 Å². The number of rotatable bonds is 4. The molecule has 2 saturated heterocycles. The predicted octanol–water partition coefficient (Wildman–Crippen LogP) is 2.07. The third kappa shape index (κ3) is 3.14. The third-order valence-electron chi connectivity index (χ3n) is 3.78. The van der Waals surface area contributed by atoms with Crippen LogP contribution in [0.5, 0.6) is 0 Å². The molecule has 0 aliphatic carbocycles. The van der Waals surface area contributed by atoms with Gasteiger partial charge in [0.25, 0.3) is 0 Å². The molecule has 0 radical (unpaired) electrons. The van der Waals surface area contributed by atoms with Crippen LogP contribution in [0.1, 0.15) is 32.6 Å². The number of hydrogen-bond donors (Lipinski definition) is 1. The van der Waals surface area contributed by atoms with Crippen molar-refractivity contribution in [1.29, 1.82) is 0 Å². The minimum atomic E-state index is -0.650. The van der Waals surface area contributed by atoms with Crippen LogP contribution in [0.25, 0.3) is 0 Å². The van der Waals surface area contributed by atoms with E-state index < -0.39 is 5.97 Å². The van der Waals surface area contributed by atoms with Gasteiger partial charge in [0.2, 0.25) is 0 Å². The lowest BCUT2D eigenvalue weighted by Gasteiger charge is -2.23. The van der Waals surface area contributed by atoms with E-state index in [9.17, 15) is 4.79 Å². The average Bonchev–Trinajstić information content (AvgIpc) is 2.83. The summed E-state index contributed by atoms with van der Waals surface area (Å²) in [4.78, 5) is 13.1. The number of carbonyl (C=O) groups is 1. The van der Waals surface area contributed by atoms with Gasteiger partial charge in [-0.15, -0.1) is 0 Å². The van der Waals surface area contributed by atoms with Crippen LogP contribution < -0.4 is 0 Å². The zero-order valence-corrected chi connectivity index (χ0v) is 10.7. The molecule has 2 aliphatic rings. The number of aliphatic carboxylic acids is 1. The van der Waals surface area contributed by atoms with Gasteiger partial charge < -0.3 is 5.11 Å². The third-order valence-corrected chi connectivity index (χ3v) is 5.12. The van der Waals surface area contributed by atoms with E-state index in [2.05, 4.69) is 23.6 Å². The molecular weight excluding hydrogens is 222 g/mol. The molecule has 2 heterocycles. The molecule has 0 amide bonds. The molecule has 2 rings (SSSR count). The molecule has 1 N–H and O–H groups in total. The fourth-order valence-corrected chi connectivity index (χ4v) is 4.06. The second kappa shape index (κ2) is 5.41. The summed E-state index contributed by atoms with van der Waals surface area (Å²) in [5.41, 5.74) is 0. The smallest absolute Gasteiger partial charge is 0.303 e. The summed E-state index contributed by atoms with van der Waals surface area (Å²) in [6, 6.07) is 0.759. The summed E-state index contributed by atoms with van der Waals surface area (Å²) in [6.45, 7) is 4.62. The van der Waals surface area contributed by atoms with E-state index in [1.807, 2.05) is 0 Å². The number of carboxylic acid groups (broad SMARTS) is 1. The van der Waals surface area contributed by atoms with E-state index in [-0.39, 0.29) is 0 Å². The van der Waals surface area contributed by atoms with E-state index >= 15 is 0 Å². The second-order valence-corrected chi connectivity index (χ2v) is 6.59. The number of likely N-dealkylation sites (tertiary alicyclic amines) is 1. The van der Waals surface area contributed by atoms with Crippen molar-refractivity contribution in [3.05, 3.63) is 0 Å². The molecule has 4 heteroatoms. The Balaban J connectivity index is 1.73. The Morgan fingerprint density at radius 2 is 2.38 bits per heavy atom. The quantitative estimate of drug-likeness (QED) is 0.820. The maximum absolute atomic E-state index is 10.5. The van der Waals surface area contributed by atoms with E-state index in [0.29, 0.717) is 12.3 Å². The molecule has 3 atom stereocenters. The maximum atomic E-state index is 10.5. The van der Waals surface area contributed by atoms with Gasteiger partial charge >= 0.3 is 5.97 Å². The zero-order chi connectivity index (χ0) is 11.5. The van der Waals surface area contributed by atoms with Crippen molar-refractivity contribution >= 4 is 17.7 Å². The molecule has 0 bridgehead atoms. The lowest BCUT2D eigenvalue weighted by atomic mass is 10.0. The van der Waals surface area contributed by atoms with E-state index in [4.69, 9.17) is 5.11 Å². The van der Waals surface area contributed by atoms with Crippen molar-refractivity contribution in [2.75, 3.05) is 18.8 Å². The normalized spacial score (nSPS) is 35.7. The average molecular weight is 243 g/mol. The Labute approximate surface area is 102 Å². The number of thioether (sulfide) groups is 1. The summed E-state index contributed by atoms with van der Waals surface area (Å²) in [5, 5.41) is 9.48. The molecule has 0 aromatic carbocycles. The number of hydrogen-bond acceptors (Lipinski definition) is 3. The van der Waals surface area contributed by atoms with Gasteiger partial charge in [0, 0.05) is 30.0 Å². The van der Waals surface area contributed by atoms with Gasteiger partial charge in [-0.2, -0.15) is 11.8 Å². The molecule has 0 saturated carbocycles. The minimum absolute atomic E-state index is 0.342. The Kier molecular flexibility index (Phi) is 4.14. The van der Waals surface area contributed by atoms with Crippen molar-refractivity contribution in [2.24, 2.45) is 5.92 Å². The van der Waals surface area contributed by atoms with Crippen LogP contribution in [0.3, 0.4) is 0 Å². The van der Waals surface area contributed by atoms with Crippen LogP contribution in [0.4, 0.5) is 0 Å². The first-order valence-electron chi connectivity index (χ1n) is 6.22. The molecule has 0 aromatic heterocycles. The van der Waals surface area contributed by atoms with Gasteiger partial charge in [-0.05, 0) is 31.7 Å². The van der Waals surface area contributed by atoms with E-state index in [1.165, 1.54) is 25.1 Å². The van der Waals surface area contributed by atoms with E-state index in [0.717, 1.165) is 24.3 Å². The van der Waals surface area contributed by atoms with Crippen LogP contribution in [0, 0.1) is 5.92 Å². The topological polar surface area (TPSA) is 40.5 Å². The Bertz CT molecular complexity index is 259. The minimum Gasteiger partial charge on any atom is -0.481 e. The lowest BCUT2D eigenvalue weighted by Crippen LogP contribution is -2.33. The summed E-state index contributed by atoms with van der Waals surface area (Å²) in [6.07, 6.45) is 3.72. The van der Waals surface area contributed by atoms with Crippen LogP contribution >= 0.6 is 11.8 Å². The Morgan fingerprint density at radius 3 is 3.00 bits per heavy atom. The molecular formula is C12H21NO2S. The highest BCUT2D eigenvalue weighted by Gasteiger charge is 2.32. The standard InChI is InChI=1S/C12H21NO2S/c1-9-6-11(8-16-9)13-5-4-10(7-13)2-3-12(14)15/h9-11H,2-8H2,1H3,(H,14,15). The zero-order valence-electron chi connectivity index (χ0n) is 9.89. The van der Waals surface area contributed by atoms with Gasteiger partial charge in [0.15, 0.2) is 0 Å². The van der Waals surface area contributed by atoms with Gasteiger partial charge in [-0.25, -0.2) is 0 Å².